The summed E-state index contributed by atoms with van der Waals surface area (Å²) in [5.41, 5.74) is 10.4. The number of rotatable bonds is 4. The number of aryl methyl sites for hydroxylation is 1. The molecule has 2 N–H and O–H groups in total. The van der Waals surface area contributed by atoms with Crippen LogP contribution in [0.15, 0.2) is 53.1 Å². The number of nitrogen functional groups attached to an aromatic ring is 1. The van der Waals surface area contributed by atoms with E-state index >= 15 is 0 Å². The first kappa shape index (κ1) is 19.4. The van der Waals surface area contributed by atoms with Crippen molar-refractivity contribution in [2.75, 3.05) is 28.6 Å². The summed E-state index contributed by atoms with van der Waals surface area (Å²) in [6.45, 7) is 2.86. The van der Waals surface area contributed by atoms with Gasteiger partial charge in [0.25, 0.3) is 0 Å². The third kappa shape index (κ3) is 3.67. The van der Waals surface area contributed by atoms with Crippen LogP contribution in [-0.2, 0) is 22.4 Å². The predicted octanol–water partition coefficient (Wildman–Crippen LogP) is 3.10. The number of amides is 2. The molecule has 2 aliphatic rings. The SMILES string of the molecule is Cc1ncc(Cc2ccc3c(c2)CCN3C(=O)C2CC(=O)N(c3cccc(N)c3)C2)o1. The zero-order valence-corrected chi connectivity index (χ0v) is 17.4. The Morgan fingerprint density at radius 1 is 1.26 bits per heavy atom. The van der Waals surface area contributed by atoms with E-state index in [-0.39, 0.29) is 24.2 Å². The van der Waals surface area contributed by atoms with Crippen LogP contribution in [0.5, 0.6) is 0 Å². The Bertz CT molecular complexity index is 1170. The zero-order valence-electron chi connectivity index (χ0n) is 17.4. The molecule has 7 nitrogen and oxygen atoms in total. The number of hydrogen-bond acceptors (Lipinski definition) is 5. The minimum atomic E-state index is -0.350. The third-order valence-electron chi connectivity index (χ3n) is 6.01. The van der Waals surface area contributed by atoms with Crippen molar-refractivity contribution >= 4 is 28.9 Å². The lowest BCUT2D eigenvalue weighted by Crippen LogP contribution is -2.36. The van der Waals surface area contributed by atoms with Crippen molar-refractivity contribution in [1.82, 2.24) is 4.98 Å². The van der Waals surface area contributed by atoms with E-state index in [0.717, 1.165) is 34.7 Å². The molecule has 0 saturated carbocycles. The molecule has 1 atom stereocenters. The van der Waals surface area contributed by atoms with Crippen molar-refractivity contribution in [3.63, 3.8) is 0 Å². The van der Waals surface area contributed by atoms with Gasteiger partial charge in [0.2, 0.25) is 11.8 Å². The maximum atomic E-state index is 13.3. The minimum absolute atomic E-state index is 0.0112. The van der Waals surface area contributed by atoms with Crippen molar-refractivity contribution in [1.29, 1.82) is 0 Å². The fourth-order valence-corrected chi connectivity index (χ4v) is 4.52. The molecule has 0 bridgehead atoms. The topological polar surface area (TPSA) is 92.7 Å². The second-order valence-electron chi connectivity index (χ2n) is 8.23. The first-order valence-corrected chi connectivity index (χ1v) is 10.5. The number of benzene rings is 2. The van der Waals surface area contributed by atoms with Crippen molar-refractivity contribution < 1.29 is 14.0 Å². The molecule has 7 heteroatoms. The Balaban J connectivity index is 1.31. The lowest BCUT2D eigenvalue weighted by molar-refractivity contribution is -0.124. The molecule has 3 heterocycles. The molecule has 2 amide bonds. The lowest BCUT2D eigenvalue weighted by atomic mass is 10.0. The Labute approximate surface area is 180 Å². The monoisotopic (exact) mass is 416 g/mol. The molecule has 5 rings (SSSR count). The number of carbonyl (C=O) groups excluding carboxylic acids is 2. The molecule has 0 spiro atoms. The molecular weight excluding hydrogens is 392 g/mol. The van der Waals surface area contributed by atoms with Gasteiger partial charge in [-0.15, -0.1) is 0 Å². The van der Waals surface area contributed by atoms with E-state index in [2.05, 4.69) is 11.1 Å². The largest absolute Gasteiger partial charge is 0.446 e. The van der Waals surface area contributed by atoms with E-state index < -0.39 is 0 Å². The first-order valence-electron chi connectivity index (χ1n) is 10.5. The van der Waals surface area contributed by atoms with E-state index in [4.69, 9.17) is 10.2 Å². The molecule has 1 fully saturated rings. The van der Waals surface area contributed by atoms with E-state index in [1.165, 1.54) is 0 Å². The molecule has 1 saturated heterocycles. The highest BCUT2D eigenvalue weighted by atomic mass is 16.3. The maximum absolute atomic E-state index is 13.3. The van der Waals surface area contributed by atoms with Gasteiger partial charge in [0.15, 0.2) is 5.89 Å². The van der Waals surface area contributed by atoms with E-state index in [0.29, 0.717) is 31.1 Å². The van der Waals surface area contributed by atoms with Gasteiger partial charge in [-0.3, -0.25) is 9.59 Å². The normalized spacial score (nSPS) is 18.0. The van der Waals surface area contributed by atoms with Crippen LogP contribution < -0.4 is 15.5 Å². The number of nitrogens with zero attached hydrogens (tertiary/aromatic N) is 3. The molecule has 1 aromatic heterocycles. The molecule has 158 valence electrons. The number of oxazole rings is 1. The van der Waals surface area contributed by atoms with Gasteiger partial charge in [-0.2, -0.15) is 0 Å². The van der Waals surface area contributed by atoms with Gasteiger partial charge in [0.05, 0.1) is 12.1 Å². The number of aromatic nitrogens is 1. The van der Waals surface area contributed by atoms with Gasteiger partial charge < -0.3 is 20.0 Å². The quantitative estimate of drug-likeness (QED) is 0.660. The Hall–Kier alpha value is -3.61. The van der Waals surface area contributed by atoms with Crippen molar-refractivity contribution in [3.05, 3.63) is 71.4 Å². The fraction of sp³-hybridized carbons (Fsp3) is 0.292. The maximum Gasteiger partial charge on any atom is 0.232 e. The second-order valence-corrected chi connectivity index (χ2v) is 8.23. The smallest absolute Gasteiger partial charge is 0.232 e. The van der Waals surface area contributed by atoms with Crippen molar-refractivity contribution in [2.45, 2.75) is 26.2 Å². The first-order chi connectivity index (χ1) is 15.0. The van der Waals surface area contributed by atoms with Crippen LogP contribution in [-0.4, -0.2) is 29.9 Å². The number of anilines is 3. The highest BCUT2D eigenvalue weighted by Gasteiger charge is 2.39. The average molecular weight is 416 g/mol. The van der Waals surface area contributed by atoms with Crippen molar-refractivity contribution in [2.24, 2.45) is 5.92 Å². The van der Waals surface area contributed by atoms with Gasteiger partial charge in [-0.1, -0.05) is 18.2 Å². The summed E-state index contributed by atoms with van der Waals surface area (Å²) in [4.78, 5) is 33.5. The molecule has 2 aromatic carbocycles. The van der Waals surface area contributed by atoms with Crippen LogP contribution in [0, 0.1) is 12.8 Å². The van der Waals surface area contributed by atoms with Gasteiger partial charge in [-0.05, 0) is 41.8 Å². The summed E-state index contributed by atoms with van der Waals surface area (Å²) < 4.78 is 5.58. The summed E-state index contributed by atoms with van der Waals surface area (Å²) in [6, 6.07) is 13.4. The molecule has 1 unspecified atom stereocenters. The molecular formula is C24H24N4O3. The number of fused-ring (bicyclic) bond motifs is 1. The van der Waals surface area contributed by atoms with Crippen LogP contribution in [0.1, 0.15) is 29.2 Å². The van der Waals surface area contributed by atoms with Gasteiger partial charge >= 0.3 is 0 Å². The molecule has 2 aliphatic heterocycles. The molecule has 31 heavy (non-hydrogen) atoms. The number of carbonyl (C=O) groups is 2. The molecule has 3 aromatic rings. The Kier molecular flexibility index (Phi) is 4.73. The fourth-order valence-electron chi connectivity index (χ4n) is 4.52. The van der Waals surface area contributed by atoms with Gasteiger partial charge in [0.1, 0.15) is 5.76 Å². The standard InChI is InChI=1S/C24H24N4O3/c1-15-26-13-21(31-15)10-16-5-6-22-17(9-16)7-8-27(22)24(30)18-11-23(29)28(14-18)20-4-2-3-19(25)12-20/h2-6,9,12-13,18H,7-8,10-11,14,25H2,1H3. The van der Waals surface area contributed by atoms with E-state index in [1.54, 1.807) is 23.2 Å². The zero-order chi connectivity index (χ0) is 21.5. The third-order valence-corrected chi connectivity index (χ3v) is 6.01. The summed E-state index contributed by atoms with van der Waals surface area (Å²) in [5.74, 6) is 1.11. The van der Waals surface area contributed by atoms with Gasteiger partial charge in [0, 0.05) is 49.9 Å². The van der Waals surface area contributed by atoms with Crippen LogP contribution in [0.4, 0.5) is 17.1 Å². The Morgan fingerprint density at radius 2 is 2.13 bits per heavy atom. The van der Waals surface area contributed by atoms with Crippen molar-refractivity contribution in [3.8, 4) is 0 Å². The Morgan fingerprint density at radius 3 is 2.90 bits per heavy atom. The highest BCUT2D eigenvalue weighted by Crippen LogP contribution is 2.34. The average Bonchev–Trinajstić information content (AvgIpc) is 3.46. The number of nitrogens with two attached hydrogens (primary N) is 1. The van der Waals surface area contributed by atoms with Crippen LogP contribution in [0.25, 0.3) is 0 Å². The van der Waals surface area contributed by atoms with Crippen LogP contribution in [0.3, 0.4) is 0 Å². The summed E-state index contributed by atoms with van der Waals surface area (Å²) >= 11 is 0. The lowest BCUT2D eigenvalue weighted by Gasteiger charge is -2.22. The second kappa shape index (κ2) is 7.58. The van der Waals surface area contributed by atoms with E-state index in [1.807, 2.05) is 36.1 Å². The summed E-state index contributed by atoms with van der Waals surface area (Å²) in [5, 5.41) is 0. The number of hydrogen-bond donors (Lipinski definition) is 1. The summed E-state index contributed by atoms with van der Waals surface area (Å²) in [7, 11) is 0. The van der Waals surface area contributed by atoms with Gasteiger partial charge in [-0.25, -0.2) is 4.98 Å². The molecule has 0 aliphatic carbocycles. The van der Waals surface area contributed by atoms with E-state index in [9.17, 15) is 9.59 Å². The van der Waals surface area contributed by atoms with Crippen LogP contribution in [0.2, 0.25) is 0 Å². The highest BCUT2D eigenvalue weighted by molar-refractivity contribution is 6.05. The van der Waals surface area contributed by atoms with Crippen LogP contribution >= 0.6 is 0 Å². The predicted molar refractivity (Wildman–Crippen MR) is 118 cm³/mol. The minimum Gasteiger partial charge on any atom is -0.446 e. The molecule has 0 radical (unpaired) electrons. The summed E-state index contributed by atoms with van der Waals surface area (Å²) in [6.07, 6.45) is 3.46.